The minimum atomic E-state index is -0.412. The number of hydrogen-bond donors (Lipinski definition) is 1. The van der Waals surface area contributed by atoms with Crippen LogP contribution in [0.1, 0.15) is 19.4 Å². The summed E-state index contributed by atoms with van der Waals surface area (Å²) >= 11 is 0. The number of rotatable bonds is 2. The van der Waals surface area contributed by atoms with Gasteiger partial charge in [-0.3, -0.25) is 0 Å². The van der Waals surface area contributed by atoms with Gasteiger partial charge in [0, 0.05) is 23.4 Å². The first-order chi connectivity index (χ1) is 8.47. The van der Waals surface area contributed by atoms with Gasteiger partial charge in [-0.1, -0.05) is 0 Å². The molecule has 1 atom stereocenters. The number of fused-ring (bicyclic) bond motifs is 1. The third-order valence-corrected chi connectivity index (χ3v) is 3.42. The van der Waals surface area contributed by atoms with Gasteiger partial charge in [-0.05, 0) is 32.0 Å². The summed E-state index contributed by atoms with van der Waals surface area (Å²) in [4.78, 5) is 11.3. The van der Waals surface area contributed by atoms with Crippen molar-refractivity contribution in [3.63, 3.8) is 0 Å². The van der Waals surface area contributed by atoms with E-state index in [0.29, 0.717) is 17.6 Å². The quantitative estimate of drug-likeness (QED) is 0.652. The molecular formula is C14H14O4. The van der Waals surface area contributed by atoms with Crippen LogP contribution in [0.5, 0.6) is 5.75 Å². The summed E-state index contributed by atoms with van der Waals surface area (Å²) in [6.45, 7) is 3.99. The van der Waals surface area contributed by atoms with Gasteiger partial charge in [0.25, 0.3) is 0 Å². The van der Waals surface area contributed by atoms with E-state index in [1.165, 1.54) is 6.07 Å². The van der Waals surface area contributed by atoms with Crippen LogP contribution in [-0.4, -0.2) is 16.8 Å². The fourth-order valence-electron chi connectivity index (χ4n) is 2.18. The maximum Gasteiger partial charge on any atom is 0.336 e. The molecular weight excluding hydrogens is 232 g/mol. The van der Waals surface area contributed by atoms with Crippen molar-refractivity contribution in [2.75, 3.05) is 0 Å². The zero-order chi connectivity index (χ0) is 12.9. The predicted octanol–water partition coefficient (Wildman–Crippen LogP) is 2.22. The third-order valence-electron chi connectivity index (χ3n) is 3.42. The Labute approximate surface area is 104 Å². The molecule has 1 N–H and O–H groups in total. The topological polar surface area (TPSA) is 63.0 Å². The van der Waals surface area contributed by atoms with Crippen molar-refractivity contribution in [1.29, 1.82) is 0 Å². The zero-order valence-electron chi connectivity index (χ0n) is 10.3. The normalized spacial score (nSPS) is 21.1. The van der Waals surface area contributed by atoms with Crippen LogP contribution in [0.3, 0.4) is 0 Å². The van der Waals surface area contributed by atoms with E-state index in [1.54, 1.807) is 18.2 Å². The van der Waals surface area contributed by atoms with Crippen LogP contribution in [0, 0.1) is 0 Å². The lowest BCUT2D eigenvalue weighted by molar-refractivity contribution is 0.322. The average Bonchev–Trinajstić information content (AvgIpc) is 2.90. The second-order valence-electron chi connectivity index (χ2n) is 5.15. The fraction of sp³-hybridized carbons (Fsp3) is 0.357. The molecule has 0 radical (unpaired) electrons. The number of ether oxygens (including phenoxy) is 1. The van der Waals surface area contributed by atoms with Gasteiger partial charge < -0.3 is 14.3 Å². The highest BCUT2D eigenvalue weighted by Gasteiger charge is 2.48. The Hall–Kier alpha value is -1.81. The molecule has 0 amide bonds. The minimum Gasteiger partial charge on any atom is -0.508 e. The Morgan fingerprint density at radius 3 is 2.61 bits per heavy atom. The van der Waals surface area contributed by atoms with Gasteiger partial charge in [-0.15, -0.1) is 0 Å². The third kappa shape index (κ3) is 1.78. The standard InChI is InChI=1S/C14H14O4/c1-14(2)11(18-14)7-9-10(15)5-3-8-4-6-12(16)17-13(8)9/h3-6,11,15H,7H2,1-2H3/t11-/m1/s1. The van der Waals surface area contributed by atoms with Crippen molar-refractivity contribution in [2.45, 2.75) is 32.0 Å². The molecule has 4 heteroatoms. The smallest absolute Gasteiger partial charge is 0.336 e. The number of epoxide rings is 1. The molecule has 1 aromatic carbocycles. The lowest BCUT2D eigenvalue weighted by Crippen LogP contribution is -2.07. The van der Waals surface area contributed by atoms with E-state index in [1.807, 2.05) is 13.8 Å². The molecule has 4 nitrogen and oxygen atoms in total. The van der Waals surface area contributed by atoms with E-state index in [4.69, 9.17) is 9.15 Å². The summed E-state index contributed by atoms with van der Waals surface area (Å²) in [6, 6.07) is 6.42. The summed E-state index contributed by atoms with van der Waals surface area (Å²) in [5.41, 5.74) is 0.517. The van der Waals surface area contributed by atoms with Gasteiger partial charge in [-0.2, -0.15) is 0 Å². The number of hydrogen-bond acceptors (Lipinski definition) is 4. The number of aromatic hydroxyl groups is 1. The Kier molecular flexibility index (Phi) is 2.25. The minimum absolute atomic E-state index is 0.0551. The maximum atomic E-state index is 11.3. The lowest BCUT2D eigenvalue weighted by atomic mass is 10.00. The summed E-state index contributed by atoms with van der Waals surface area (Å²) in [5.74, 6) is 0.142. The number of benzene rings is 1. The Morgan fingerprint density at radius 2 is 1.94 bits per heavy atom. The van der Waals surface area contributed by atoms with Gasteiger partial charge >= 0.3 is 5.63 Å². The first-order valence-corrected chi connectivity index (χ1v) is 5.90. The van der Waals surface area contributed by atoms with Gasteiger partial charge in [0.15, 0.2) is 0 Å². The van der Waals surface area contributed by atoms with E-state index in [9.17, 15) is 9.90 Å². The van der Waals surface area contributed by atoms with Crippen LogP contribution in [-0.2, 0) is 11.2 Å². The van der Waals surface area contributed by atoms with Gasteiger partial charge in [0.2, 0.25) is 0 Å². The molecule has 18 heavy (non-hydrogen) atoms. The van der Waals surface area contributed by atoms with E-state index < -0.39 is 5.63 Å². The maximum absolute atomic E-state index is 11.3. The van der Waals surface area contributed by atoms with Crippen LogP contribution >= 0.6 is 0 Å². The molecule has 94 valence electrons. The van der Waals surface area contributed by atoms with Crippen LogP contribution in [0.25, 0.3) is 11.0 Å². The fourth-order valence-corrected chi connectivity index (χ4v) is 2.18. The Morgan fingerprint density at radius 1 is 1.28 bits per heavy atom. The van der Waals surface area contributed by atoms with E-state index in [-0.39, 0.29) is 17.5 Å². The molecule has 0 aliphatic carbocycles. The Balaban J connectivity index is 2.11. The van der Waals surface area contributed by atoms with Gasteiger partial charge in [0.05, 0.1) is 11.7 Å². The molecule has 3 rings (SSSR count). The first-order valence-electron chi connectivity index (χ1n) is 5.90. The van der Waals surface area contributed by atoms with Crippen LogP contribution in [0.4, 0.5) is 0 Å². The largest absolute Gasteiger partial charge is 0.508 e. The summed E-state index contributed by atoms with van der Waals surface area (Å²) in [5, 5.41) is 10.7. The van der Waals surface area contributed by atoms with Crippen LogP contribution in [0.2, 0.25) is 0 Å². The number of phenolic OH excluding ortho intramolecular Hbond substituents is 1. The summed E-state index contributed by atoms with van der Waals surface area (Å²) in [6.07, 6.45) is 0.600. The second kappa shape index (κ2) is 3.59. The summed E-state index contributed by atoms with van der Waals surface area (Å²) < 4.78 is 10.7. The molecule has 1 aromatic heterocycles. The van der Waals surface area contributed by atoms with Crippen molar-refractivity contribution < 1.29 is 14.3 Å². The highest BCUT2D eigenvalue weighted by Crippen LogP contribution is 2.40. The van der Waals surface area contributed by atoms with Crippen LogP contribution in [0.15, 0.2) is 33.5 Å². The number of phenols is 1. The molecule has 0 spiro atoms. The molecule has 1 aliphatic rings. The highest BCUT2D eigenvalue weighted by atomic mass is 16.6. The molecule has 2 aromatic rings. The van der Waals surface area contributed by atoms with Crippen molar-refractivity contribution in [3.8, 4) is 5.75 Å². The van der Waals surface area contributed by atoms with Crippen molar-refractivity contribution in [1.82, 2.24) is 0 Å². The van der Waals surface area contributed by atoms with Gasteiger partial charge in [0.1, 0.15) is 11.3 Å². The van der Waals surface area contributed by atoms with Gasteiger partial charge in [-0.25, -0.2) is 4.79 Å². The molecule has 2 heterocycles. The highest BCUT2D eigenvalue weighted by molar-refractivity contribution is 5.82. The Bertz CT molecular complexity index is 669. The first kappa shape index (κ1) is 11.3. The average molecular weight is 246 g/mol. The molecule has 1 aliphatic heterocycles. The zero-order valence-corrected chi connectivity index (χ0v) is 10.3. The van der Waals surface area contributed by atoms with Crippen LogP contribution < -0.4 is 5.63 Å². The van der Waals surface area contributed by atoms with Crippen molar-refractivity contribution in [3.05, 3.63) is 40.2 Å². The van der Waals surface area contributed by atoms with E-state index >= 15 is 0 Å². The molecule has 0 unspecified atom stereocenters. The SMILES string of the molecule is CC1(C)O[C@@H]1Cc1c(O)ccc2ccc(=O)oc12. The predicted molar refractivity (Wildman–Crippen MR) is 66.8 cm³/mol. The molecule has 1 fully saturated rings. The second-order valence-corrected chi connectivity index (χ2v) is 5.15. The summed E-state index contributed by atoms with van der Waals surface area (Å²) in [7, 11) is 0. The van der Waals surface area contributed by atoms with E-state index in [0.717, 1.165) is 5.39 Å². The van der Waals surface area contributed by atoms with E-state index in [2.05, 4.69) is 0 Å². The lowest BCUT2D eigenvalue weighted by Gasteiger charge is -2.06. The molecule has 0 saturated carbocycles. The van der Waals surface area contributed by atoms with Crippen molar-refractivity contribution >= 4 is 11.0 Å². The monoisotopic (exact) mass is 246 g/mol. The molecule has 1 saturated heterocycles. The van der Waals surface area contributed by atoms with Crippen molar-refractivity contribution in [2.24, 2.45) is 0 Å². The molecule has 0 bridgehead atoms.